The van der Waals surface area contributed by atoms with Crippen LogP contribution in [-0.2, 0) is 4.74 Å². The van der Waals surface area contributed by atoms with Crippen molar-refractivity contribution >= 4 is 14.4 Å². The standard InChI is InChI=1S/C18H37NO3Si/c1-10-11-15(13-19-16(20)22-17(3,4)5)14(2)12-18(6,7)23(8,9)21/h10-11,14-15,21H,12-13H2,1-9H3,(H,19,20)/b11-10-/t14?,15-/m0/s1. The summed E-state index contributed by atoms with van der Waals surface area (Å²) in [5.74, 6) is 0.582. The van der Waals surface area contributed by atoms with Crippen LogP contribution in [0.2, 0.25) is 18.1 Å². The summed E-state index contributed by atoms with van der Waals surface area (Å²) in [5, 5.41) is 2.79. The molecule has 5 heteroatoms. The number of alkyl carbamates (subject to hydrolysis) is 1. The van der Waals surface area contributed by atoms with Crippen LogP contribution < -0.4 is 5.32 Å². The second-order valence-electron chi connectivity index (χ2n) is 8.70. The minimum absolute atomic E-state index is 0.0713. The first-order chi connectivity index (χ1) is 10.2. The number of nitrogens with one attached hydrogen (secondary N) is 1. The molecule has 0 heterocycles. The Bertz CT molecular complexity index is 405. The van der Waals surface area contributed by atoms with Gasteiger partial charge < -0.3 is 14.8 Å². The van der Waals surface area contributed by atoms with Crippen LogP contribution in [0.3, 0.4) is 0 Å². The van der Waals surface area contributed by atoms with E-state index in [-0.39, 0.29) is 17.0 Å². The van der Waals surface area contributed by atoms with Gasteiger partial charge in [0.2, 0.25) is 0 Å². The lowest BCUT2D eigenvalue weighted by molar-refractivity contribution is 0.0518. The number of rotatable bonds is 7. The summed E-state index contributed by atoms with van der Waals surface area (Å²) in [6.07, 6.45) is 4.69. The monoisotopic (exact) mass is 343 g/mol. The quantitative estimate of drug-likeness (QED) is 0.520. The molecule has 1 amide bonds. The Kier molecular flexibility index (Phi) is 8.04. The minimum atomic E-state index is -2.23. The highest BCUT2D eigenvalue weighted by molar-refractivity contribution is 6.72. The van der Waals surface area contributed by atoms with Gasteiger partial charge in [0.15, 0.2) is 8.32 Å². The summed E-state index contributed by atoms with van der Waals surface area (Å²) in [6, 6.07) is 0. The van der Waals surface area contributed by atoms with Gasteiger partial charge in [0, 0.05) is 6.54 Å². The van der Waals surface area contributed by atoms with Crippen LogP contribution in [0.5, 0.6) is 0 Å². The van der Waals surface area contributed by atoms with Gasteiger partial charge in [-0.05, 0) is 64.1 Å². The predicted molar refractivity (Wildman–Crippen MR) is 100 cm³/mol. The number of amides is 1. The Morgan fingerprint density at radius 2 is 1.78 bits per heavy atom. The smallest absolute Gasteiger partial charge is 0.407 e. The highest BCUT2D eigenvalue weighted by Crippen LogP contribution is 2.43. The molecule has 4 nitrogen and oxygen atoms in total. The van der Waals surface area contributed by atoms with Crippen molar-refractivity contribution in [3.63, 3.8) is 0 Å². The molecular formula is C18H37NO3Si. The number of hydrogen-bond acceptors (Lipinski definition) is 3. The lowest BCUT2D eigenvalue weighted by Crippen LogP contribution is -2.41. The first-order valence-corrected chi connectivity index (χ1v) is 11.5. The fraction of sp³-hybridized carbons (Fsp3) is 0.833. The molecule has 0 saturated heterocycles. The van der Waals surface area contributed by atoms with E-state index >= 15 is 0 Å². The van der Waals surface area contributed by atoms with Crippen molar-refractivity contribution in [3.05, 3.63) is 12.2 Å². The van der Waals surface area contributed by atoms with Gasteiger partial charge in [-0.2, -0.15) is 0 Å². The molecule has 1 unspecified atom stereocenters. The second-order valence-corrected chi connectivity index (χ2v) is 13.2. The van der Waals surface area contributed by atoms with Crippen molar-refractivity contribution in [2.24, 2.45) is 11.8 Å². The predicted octanol–water partition coefficient (Wildman–Crippen LogP) is 4.71. The number of carbonyl (C=O) groups is 1. The molecule has 136 valence electrons. The van der Waals surface area contributed by atoms with Crippen molar-refractivity contribution in [2.75, 3.05) is 6.54 Å². The highest BCUT2D eigenvalue weighted by atomic mass is 28.4. The summed E-state index contributed by atoms with van der Waals surface area (Å²) in [6.45, 7) is 18.6. The Morgan fingerprint density at radius 3 is 2.17 bits per heavy atom. The molecule has 23 heavy (non-hydrogen) atoms. The lowest BCUT2D eigenvalue weighted by Gasteiger charge is -2.38. The van der Waals surface area contributed by atoms with Crippen molar-refractivity contribution in [2.45, 2.75) is 78.6 Å². The van der Waals surface area contributed by atoms with E-state index in [1.54, 1.807) is 0 Å². The normalized spacial score (nSPS) is 16.3. The zero-order valence-electron chi connectivity index (χ0n) is 16.5. The highest BCUT2D eigenvalue weighted by Gasteiger charge is 2.39. The molecule has 2 N–H and O–H groups in total. The van der Waals surface area contributed by atoms with Crippen LogP contribution in [0, 0.1) is 11.8 Å². The van der Waals surface area contributed by atoms with Crippen LogP contribution in [0.1, 0.15) is 54.9 Å². The van der Waals surface area contributed by atoms with Crippen molar-refractivity contribution in [3.8, 4) is 0 Å². The summed E-state index contributed by atoms with van der Waals surface area (Å²) in [5.41, 5.74) is -0.486. The average molecular weight is 344 g/mol. The molecule has 0 aromatic heterocycles. The van der Waals surface area contributed by atoms with Gasteiger partial charge in [-0.1, -0.05) is 32.9 Å². The zero-order valence-corrected chi connectivity index (χ0v) is 17.5. The summed E-state index contributed by atoms with van der Waals surface area (Å²) in [4.78, 5) is 22.3. The van der Waals surface area contributed by atoms with Gasteiger partial charge in [0.05, 0.1) is 0 Å². The third-order valence-corrected chi connectivity index (χ3v) is 8.06. The molecule has 0 fully saturated rings. The molecule has 0 radical (unpaired) electrons. The molecule has 0 aliphatic carbocycles. The topological polar surface area (TPSA) is 58.6 Å². The maximum Gasteiger partial charge on any atom is 0.407 e. The Morgan fingerprint density at radius 1 is 1.26 bits per heavy atom. The van der Waals surface area contributed by atoms with Crippen molar-refractivity contribution in [1.82, 2.24) is 5.32 Å². The van der Waals surface area contributed by atoms with Crippen LogP contribution >= 0.6 is 0 Å². The Hall–Kier alpha value is -0.813. The molecule has 0 bridgehead atoms. The summed E-state index contributed by atoms with van der Waals surface area (Å²) < 4.78 is 5.29. The molecule has 0 aromatic carbocycles. The number of ether oxygens (including phenoxy) is 1. The fourth-order valence-corrected chi connectivity index (χ4v) is 3.25. The first-order valence-electron chi connectivity index (χ1n) is 8.51. The van der Waals surface area contributed by atoms with Gasteiger partial charge in [-0.15, -0.1) is 0 Å². The third kappa shape index (κ3) is 8.56. The molecule has 0 aromatic rings. The molecule has 2 atom stereocenters. The van der Waals surface area contributed by atoms with Crippen LogP contribution in [-0.4, -0.2) is 31.4 Å². The van der Waals surface area contributed by atoms with Gasteiger partial charge in [-0.3, -0.25) is 0 Å². The van der Waals surface area contributed by atoms with Crippen LogP contribution in [0.4, 0.5) is 4.79 Å². The Labute approximate surface area is 143 Å². The van der Waals surface area contributed by atoms with Crippen molar-refractivity contribution in [1.29, 1.82) is 0 Å². The molecule has 0 spiro atoms. The largest absolute Gasteiger partial charge is 0.444 e. The number of hydrogen-bond donors (Lipinski definition) is 2. The van der Waals surface area contributed by atoms with E-state index in [1.807, 2.05) is 46.9 Å². The van der Waals surface area contributed by atoms with Crippen LogP contribution in [0.15, 0.2) is 12.2 Å². The van der Waals surface area contributed by atoms with E-state index < -0.39 is 13.9 Å². The third-order valence-electron chi connectivity index (χ3n) is 4.54. The minimum Gasteiger partial charge on any atom is -0.444 e. The zero-order chi connectivity index (χ0) is 18.5. The van der Waals surface area contributed by atoms with E-state index in [2.05, 4.69) is 32.2 Å². The molecule has 0 aliphatic rings. The van der Waals surface area contributed by atoms with E-state index in [4.69, 9.17) is 4.74 Å². The SMILES string of the molecule is C/C=C\[C@@H](CNC(=O)OC(C)(C)C)C(C)CC(C)(C)[Si](C)(C)O. The van der Waals surface area contributed by atoms with Gasteiger partial charge in [-0.25, -0.2) is 4.79 Å². The lowest BCUT2D eigenvalue weighted by atomic mass is 9.86. The molecular weight excluding hydrogens is 306 g/mol. The van der Waals surface area contributed by atoms with Gasteiger partial charge in [0.1, 0.15) is 5.60 Å². The molecule has 0 saturated carbocycles. The van der Waals surface area contributed by atoms with E-state index in [0.717, 1.165) is 6.42 Å². The maximum atomic E-state index is 11.8. The van der Waals surface area contributed by atoms with Crippen LogP contribution in [0.25, 0.3) is 0 Å². The summed E-state index contributed by atoms with van der Waals surface area (Å²) in [7, 11) is -2.23. The van der Waals surface area contributed by atoms with E-state index in [9.17, 15) is 9.59 Å². The first kappa shape index (κ1) is 22.2. The maximum absolute atomic E-state index is 11.8. The molecule has 0 rings (SSSR count). The Balaban J connectivity index is 4.77. The van der Waals surface area contributed by atoms with Gasteiger partial charge >= 0.3 is 6.09 Å². The average Bonchev–Trinajstić information content (AvgIpc) is 2.29. The van der Waals surface area contributed by atoms with E-state index in [1.165, 1.54) is 0 Å². The fourth-order valence-electron chi connectivity index (χ4n) is 2.43. The number of allylic oxidation sites excluding steroid dienone is 1. The second kappa shape index (κ2) is 8.33. The van der Waals surface area contributed by atoms with Gasteiger partial charge in [0.25, 0.3) is 0 Å². The summed E-state index contributed by atoms with van der Waals surface area (Å²) >= 11 is 0. The molecule has 0 aliphatic heterocycles. The number of carbonyl (C=O) groups excluding carboxylic acids is 1. The van der Waals surface area contributed by atoms with Crippen molar-refractivity contribution < 1.29 is 14.3 Å². The van der Waals surface area contributed by atoms with E-state index in [0.29, 0.717) is 12.5 Å².